The third-order valence-electron chi connectivity index (χ3n) is 4.59. The minimum atomic E-state index is -0.724. The number of likely N-dealkylation sites (tertiary alicyclic amines) is 1. The molecule has 0 radical (unpaired) electrons. The monoisotopic (exact) mass is 429 g/mol. The number of fused-ring (bicyclic) bond motifs is 1. The third kappa shape index (κ3) is 4.38. The Kier molecular flexibility index (Phi) is 5.82. The molecule has 0 unspecified atom stereocenters. The zero-order valence-corrected chi connectivity index (χ0v) is 17.7. The molecule has 10 heteroatoms. The zero-order chi connectivity index (χ0) is 20.6. The van der Waals surface area contributed by atoms with Crippen molar-refractivity contribution in [2.24, 2.45) is 0 Å². The van der Waals surface area contributed by atoms with Crippen LogP contribution in [0.5, 0.6) is 0 Å². The number of nitrogens with zero attached hydrogens (tertiary/aromatic N) is 5. The Bertz CT molecular complexity index is 898. The molecule has 28 heavy (non-hydrogen) atoms. The maximum Gasteiger partial charge on any atom is 0.410 e. The average molecular weight is 430 g/mol. The number of carbonyl (C=O) groups excluding carboxylic acids is 1. The van der Waals surface area contributed by atoms with Crippen molar-refractivity contribution in [1.29, 1.82) is 0 Å². The second-order valence-corrected chi connectivity index (χ2v) is 8.45. The van der Waals surface area contributed by atoms with E-state index in [2.05, 4.69) is 15.0 Å². The Hall–Kier alpha value is -1.93. The van der Waals surface area contributed by atoms with Gasteiger partial charge < -0.3 is 14.5 Å². The van der Waals surface area contributed by atoms with Gasteiger partial charge in [0, 0.05) is 32.4 Å². The van der Waals surface area contributed by atoms with Gasteiger partial charge in [0.2, 0.25) is 5.28 Å². The van der Waals surface area contributed by atoms with Crippen LogP contribution in [-0.4, -0.2) is 57.7 Å². The number of hydrogen-bond acceptors (Lipinski definition) is 6. The Morgan fingerprint density at radius 1 is 1.29 bits per heavy atom. The van der Waals surface area contributed by atoms with Gasteiger partial charge in [0.15, 0.2) is 11.0 Å². The number of rotatable bonds is 2. The molecule has 0 spiro atoms. The molecule has 152 valence electrons. The lowest BCUT2D eigenvalue weighted by Crippen LogP contribution is -2.47. The Balaban J connectivity index is 1.78. The molecular weight excluding hydrogens is 408 g/mol. The topological polar surface area (TPSA) is 71.5 Å². The molecule has 1 aliphatic rings. The number of halogens is 3. The molecule has 0 saturated carbocycles. The van der Waals surface area contributed by atoms with E-state index in [4.69, 9.17) is 27.9 Å². The number of amides is 1. The SMILES string of the molecule is CN(c1nc(Cl)nc2c(F)c(Cl)ncc12)C1CCN(C(=O)OC(C)(C)C)CC1. The van der Waals surface area contributed by atoms with Crippen molar-refractivity contribution in [1.82, 2.24) is 19.9 Å². The summed E-state index contributed by atoms with van der Waals surface area (Å²) < 4.78 is 19.7. The highest BCUT2D eigenvalue weighted by Crippen LogP contribution is 2.31. The number of anilines is 1. The molecule has 1 aliphatic heterocycles. The van der Waals surface area contributed by atoms with Crippen molar-refractivity contribution < 1.29 is 13.9 Å². The lowest BCUT2D eigenvalue weighted by Gasteiger charge is -2.38. The summed E-state index contributed by atoms with van der Waals surface area (Å²) >= 11 is 11.8. The van der Waals surface area contributed by atoms with Gasteiger partial charge in [-0.3, -0.25) is 0 Å². The summed E-state index contributed by atoms with van der Waals surface area (Å²) in [6, 6.07) is 0.0894. The van der Waals surface area contributed by atoms with Gasteiger partial charge in [-0.15, -0.1) is 0 Å². The Morgan fingerprint density at radius 2 is 1.93 bits per heavy atom. The summed E-state index contributed by atoms with van der Waals surface area (Å²) in [4.78, 5) is 28.0. The number of carbonyl (C=O) groups is 1. The summed E-state index contributed by atoms with van der Waals surface area (Å²) in [6.07, 6.45) is 2.55. The molecule has 0 aromatic carbocycles. The fourth-order valence-corrected chi connectivity index (χ4v) is 3.50. The summed E-state index contributed by atoms with van der Waals surface area (Å²) in [5.41, 5.74) is -0.493. The van der Waals surface area contributed by atoms with E-state index >= 15 is 0 Å². The fraction of sp³-hybridized carbons (Fsp3) is 0.556. The molecule has 0 aliphatic carbocycles. The van der Waals surface area contributed by atoms with Crippen molar-refractivity contribution in [3.05, 3.63) is 22.5 Å². The van der Waals surface area contributed by atoms with Crippen LogP contribution in [0.15, 0.2) is 6.20 Å². The van der Waals surface area contributed by atoms with Gasteiger partial charge in [-0.1, -0.05) is 11.6 Å². The molecule has 3 rings (SSSR count). The largest absolute Gasteiger partial charge is 0.444 e. The first-order valence-electron chi connectivity index (χ1n) is 8.95. The summed E-state index contributed by atoms with van der Waals surface area (Å²) in [5, 5.41) is 0.103. The van der Waals surface area contributed by atoms with Gasteiger partial charge in [0.25, 0.3) is 0 Å². The van der Waals surface area contributed by atoms with Crippen LogP contribution in [-0.2, 0) is 4.74 Å². The van der Waals surface area contributed by atoms with Gasteiger partial charge in [-0.25, -0.2) is 19.2 Å². The van der Waals surface area contributed by atoms with Crippen LogP contribution in [0.3, 0.4) is 0 Å². The number of aromatic nitrogens is 3. The van der Waals surface area contributed by atoms with E-state index in [0.717, 1.165) is 0 Å². The summed E-state index contributed by atoms with van der Waals surface area (Å²) in [5.74, 6) is -0.244. The van der Waals surface area contributed by atoms with Gasteiger partial charge in [-0.2, -0.15) is 4.98 Å². The summed E-state index contributed by atoms with van der Waals surface area (Å²) in [6.45, 7) is 6.64. The Morgan fingerprint density at radius 3 is 2.54 bits per heavy atom. The molecular formula is C18H22Cl2FN5O2. The molecule has 2 aromatic rings. The molecule has 1 fully saturated rings. The molecule has 3 heterocycles. The minimum Gasteiger partial charge on any atom is -0.444 e. The normalized spacial score (nSPS) is 15.8. The van der Waals surface area contributed by atoms with Gasteiger partial charge in [0.05, 0.1) is 5.39 Å². The van der Waals surface area contributed by atoms with E-state index in [-0.39, 0.29) is 28.1 Å². The lowest BCUT2D eigenvalue weighted by molar-refractivity contribution is 0.0205. The van der Waals surface area contributed by atoms with E-state index in [9.17, 15) is 9.18 Å². The smallest absolute Gasteiger partial charge is 0.410 e. The third-order valence-corrected chi connectivity index (χ3v) is 5.02. The van der Waals surface area contributed by atoms with E-state index in [0.29, 0.717) is 37.1 Å². The number of ether oxygens (including phenoxy) is 1. The predicted octanol–water partition coefficient (Wildman–Crippen LogP) is 4.31. The fourth-order valence-electron chi connectivity index (χ4n) is 3.20. The van der Waals surface area contributed by atoms with E-state index < -0.39 is 11.4 Å². The Labute approximate surface area is 172 Å². The molecule has 2 aromatic heterocycles. The van der Waals surface area contributed by atoms with Crippen molar-refractivity contribution in [2.45, 2.75) is 45.3 Å². The van der Waals surface area contributed by atoms with Gasteiger partial charge in [-0.05, 0) is 45.2 Å². The van der Waals surface area contributed by atoms with Crippen LogP contribution >= 0.6 is 23.2 Å². The highest BCUT2D eigenvalue weighted by molar-refractivity contribution is 6.30. The van der Waals surface area contributed by atoms with Crippen molar-refractivity contribution in [2.75, 3.05) is 25.0 Å². The molecule has 7 nitrogen and oxygen atoms in total. The van der Waals surface area contributed by atoms with E-state index in [1.807, 2.05) is 32.7 Å². The second-order valence-electron chi connectivity index (χ2n) is 7.75. The van der Waals surface area contributed by atoms with Crippen molar-refractivity contribution in [3.8, 4) is 0 Å². The van der Waals surface area contributed by atoms with Crippen molar-refractivity contribution in [3.63, 3.8) is 0 Å². The van der Waals surface area contributed by atoms with Crippen molar-refractivity contribution >= 4 is 46.0 Å². The molecule has 0 atom stereocenters. The maximum atomic E-state index is 14.3. The second kappa shape index (κ2) is 7.83. The van der Waals surface area contributed by atoms with Crippen LogP contribution in [0.2, 0.25) is 10.4 Å². The first-order chi connectivity index (χ1) is 13.1. The number of pyridine rings is 1. The zero-order valence-electron chi connectivity index (χ0n) is 16.2. The summed E-state index contributed by atoms with van der Waals surface area (Å²) in [7, 11) is 1.86. The highest BCUT2D eigenvalue weighted by Gasteiger charge is 2.30. The van der Waals surface area contributed by atoms with Crippen LogP contribution in [0.1, 0.15) is 33.6 Å². The first kappa shape index (κ1) is 20.8. The number of piperidine rings is 1. The number of hydrogen-bond donors (Lipinski definition) is 0. The maximum absolute atomic E-state index is 14.3. The average Bonchev–Trinajstić information content (AvgIpc) is 2.62. The standard InChI is InChI=1S/C18H22Cl2FN5O2/c1-18(2,3)28-17(27)26-7-5-10(6-8-26)25(4)15-11-9-22-14(19)12(21)13(11)23-16(20)24-15/h9-10H,5-8H2,1-4H3. The van der Waals surface area contributed by atoms with Crippen LogP contribution in [0.25, 0.3) is 10.9 Å². The van der Waals surface area contributed by atoms with Crippen LogP contribution in [0, 0.1) is 5.82 Å². The van der Waals surface area contributed by atoms with E-state index in [1.165, 1.54) is 6.20 Å². The molecule has 0 N–H and O–H groups in total. The lowest BCUT2D eigenvalue weighted by atomic mass is 10.0. The minimum absolute atomic E-state index is 0.0352. The van der Waals surface area contributed by atoms with E-state index in [1.54, 1.807) is 4.90 Å². The first-order valence-corrected chi connectivity index (χ1v) is 9.70. The van der Waals surface area contributed by atoms with Crippen LogP contribution < -0.4 is 4.90 Å². The quantitative estimate of drug-likeness (QED) is 0.523. The molecule has 1 amide bonds. The molecule has 0 bridgehead atoms. The van der Waals surface area contributed by atoms with Crippen LogP contribution in [0.4, 0.5) is 15.0 Å². The highest BCUT2D eigenvalue weighted by atomic mass is 35.5. The molecule has 1 saturated heterocycles. The predicted molar refractivity (Wildman–Crippen MR) is 107 cm³/mol. The van der Waals surface area contributed by atoms with Gasteiger partial charge in [0.1, 0.15) is 16.9 Å². The van der Waals surface area contributed by atoms with Gasteiger partial charge >= 0.3 is 6.09 Å².